The topological polar surface area (TPSA) is 46.2 Å². The maximum atomic E-state index is 10.7. The average Bonchev–Trinajstić information content (AvgIpc) is 2.53. The Morgan fingerprint density at radius 2 is 2.56 bits per heavy atom. The average molecular weight is 125 g/mol. The van der Waals surface area contributed by atoms with Crippen LogP contribution in [-0.2, 0) is 9.59 Å². The Labute approximate surface area is 52.4 Å². The van der Waals surface area contributed by atoms with Crippen LogP contribution in [0.1, 0.15) is 6.42 Å². The van der Waals surface area contributed by atoms with Crippen molar-refractivity contribution < 1.29 is 9.59 Å². The van der Waals surface area contributed by atoms with Crippen LogP contribution in [0.15, 0.2) is 0 Å². The lowest BCUT2D eigenvalue weighted by molar-refractivity contribution is -0.121. The molecular weight excluding hydrogens is 118 g/mol. The molecule has 0 spiro atoms. The van der Waals surface area contributed by atoms with Crippen molar-refractivity contribution in [3.8, 4) is 0 Å². The van der Waals surface area contributed by atoms with Crippen LogP contribution in [0.2, 0.25) is 0 Å². The van der Waals surface area contributed by atoms with Crippen molar-refractivity contribution in [2.24, 2.45) is 11.3 Å². The number of hydrogen-bond donors (Lipinski definition) is 1. The van der Waals surface area contributed by atoms with Crippen LogP contribution in [0, 0.1) is 11.3 Å². The van der Waals surface area contributed by atoms with E-state index < -0.39 is 0 Å². The summed E-state index contributed by atoms with van der Waals surface area (Å²) in [6, 6.07) is 0. The van der Waals surface area contributed by atoms with E-state index in [-0.39, 0.29) is 17.2 Å². The Kier molecular flexibility index (Phi) is 0.648. The highest BCUT2D eigenvalue weighted by Crippen LogP contribution is 2.53. The van der Waals surface area contributed by atoms with E-state index >= 15 is 0 Å². The third kappa shape index (κ3) is 0.422. The summed E-state index contributed by atoms with van der Waals surface area (Å²) in [5, 5.41) is 2.64. The van der Waals surface area contributed by atoms with Gasteiger partial charge >= 0.3 is 0 Å². The molecule has 2 fully saturated rings. The SMILES string of the molecule is O=CC12CNC(=O)C1C2. The van der Waals surface area contributed by atoms with Crippen molar-refractivity contribution >= 4 is 12.2 Å². The first-order valence-electron chi connectivity index (χ1n) is 3.02. The Balaban J connectivity index is 2.26. The summed E-state index contributed by atoms with van der Waals surface area (Å²) >= 11 is 0. The van der Waals surface area contributed by atoms with Crippen molar-refractivity contribution in [3.05, 3.63) is 0 Å². The minimum Gasteiger partial charge on any atom is -0.355 e. The number of amides is 1. The van der Waals surface area contributed by atoms with E-state index in [1.54, 1.807) is 0 Å². The molecule has 0 aromatic carbocycles. The molecule has 1 N–H and O–H groups in total. The van der Waals surface area contributed by atoms with Gasteiger partial charge in [0.2, 0.25) is 5.91 Å². The van der Waals surface area contributed by atoms with Crippen LogP contribution in [0.25, 0.3) is 0 Å². The first-order valence-corrected chi connectivity index (χ1v) is 3.02. The second kappa shape index (κ2) is 1.17. The minimum atomic E-state index is -0.267. The van der Waals surface area contributed by atoms with Gasteiger partial charge in [0.1, 0.15) is 6.29 Å². The standard InChI is InChI=1S/C6H7NO2/c8-3-6-1-4(6)5(9)7-2-6/h3-4H,1-2H2,(H,7,9). The van der Waals surface area contributed by atoms with Gasteiger partial charge in [-0.1, -0.05) is 0 Å². The molecule has 2 unspecified atom stereocenters. The summed E-state index contributed by atoms with van der Waals surface area (Å²) in [4.78, 5) is 21.0. The third-order valence-electron chi connectivity index (χ3n) is 2.26. The summed E-state index contributed by atoms with van der Waals surface area (Å²) in [5.41, 5.74) is -0.267. The number of hydrogen-bond acceptors (Lipinski definition) is 2. The molecule has 0 aromatic rings. The van der Waals surface area contributed by atoms with Crippen molar-refractivity contribution in [2.45, 2.75) is 6.42 Å². The van der Waals surface area contributed by atoms with Gasteiger partial charge in [-0.05, 0) is 6.42 Å². The number of aldehydes is 1. The number of carbonyl (C=O) groups excluding carboxylic acids is 2. The van der Waals surface area contributed by atoms with Gasteiger partial charge in [0, 0.05) is 6.54 Å². The van der Waals surface area contributed by atoms with Gasteiger partial charge in [0.05, 0.1) is 11.3 Å². The predicted octanol–water partition coefficient (Wildman–Crippen LogP) is -0.679. The first kappa shape index (κ1) is 4.97. The molecule has 48 valence electrons. The molecule has 1 saturated heterocycles. The summed E-state index contributed by atoms with van der Waals surface area (Å²) in [7, 11) is 0. The van der Waals surface area contributed by atoms with E-state index in [1.165, 1.54) is 0 Å². The third-order valence-corrected chi connectivity index (χ3v) is 2.26. The fourth-order valence-corrected chi connectivity index (χ4v) is 1.42. The van der Waals surface area contributed by atoms with Crippen LogP contribution in [0.3, 0.4) is 0 Å². The highest BCUT2D eigenvalue weighted by atomic mass is 16.2. The number of piperidine rings is 1. The summed E-state index contributed by atoms with van der Waals surface area (Å²) in [6.07, 6.45) is 1.69. The summed E-state index contributed by atoms with van der Waals surface area (Å²) in [5.74, 6) is 0.0806. The van der Waals surface area contributed by atoms with E-state index in [4.69, 9.17) is 0 Å². The van der Waals surface area contributed by atoms with Crippen molar-refractivity contribution in [2.75, 3.05) is 6.54 Å². The molecule has 1 heterocycles. The lowest BCUT2D eigenvalue weighted by Gasteiger charge is -1.96. The molecule has 2 aliphatic rings. The molecule has 0 bridgehead atoms. The molecule has 1 aliphatic heterocycles. The lowest BCUT2D eigenvalue weighted by atomic mass is 10.1. The summed E-state index contributed by atoms with van der Waals surface area (Å²) in [6.45, 7) is 0.569. The quantitative estimate of drug-likeness (QED) is 0.472. The van der Waals surface area contributed by atoms with E-state index in [9.17, 15) is 9.59 Å². The monoisotopic (exact) mass is 125 g/mol. The number of fused-ring (bicyclic) bond motifs is 1. The summed E-state index contributed by atoms with van der Waals surface area (Å²) < 4.78 is 0. The second-order valence-corrected chi connectivity index (χ2v) is 2.83. The van der Waals surface area contributed by atoms with Gasteiger partial charge in [-0.3, -0.25) is 4.79 Å². The molecular formula is C6H7NO2. The molecule has 0 aromatic heterocycles. The van der Waals surface area contributed by atoms with E-state index in [0.717, 1.165) is 12.7 Å². The van der Waals surface area contributed by atoms with Crippen molar-refractivity contribution in [1.29, 1.82) is 0 Å². The Bertz CT molecular complexity index is 189. The molecule has 0 radical (unpaired) electrons. The van der Waals surface area contributed by atoms with Crippen LogP contribution < -0.4 is 5.32 Å². The lowest BCUT2D eigenvalue weighted by Crippen LogP contribution is -2.21. The van der Waals surface area contributed by atoms with E-state index in [1.807, 2.05) is 0 Å². The highest BCUT2D eigenvalue weighted by Gasteiger charge is 2.62. The highest BCUT2D eigenvalue weighted by molar-refractivity contribution is 5.92. The van der Waals surface area contributed by atoms with E-state index in [2.05, 4.69) is 5.32 Å². The van der Waals surface area contributed by atoms with Crippen molar-refractivity contribution in [1.82, 2.24) is 5.32 Å². The molecule has 1 aliphatic carbocycles. The maximum Gasteiger partial charge on any atom is 0.224 e. The Morgan fingerprint density at radius 1 is 1.78 bits per heavy atom. The Hall–Kier alpha value is -0.860. The fourth-order valence-electron chi connectivity index (χ4n) is 1.42. The molecule has 1 amide bonds. The van der Waals surface area contributed by atoms with Crippen LogP contribution in [-0.4, -0.2) is 18.7 Å². The zero-order valence-electron chi connectivity index (χ0n) is 4.89. The molecule has 9 heavy (non-hydrogen) atoms. The smallest absolute Gasteiger partial charge is 0.224 e. The van der Waals surface area contributed by atoms with E-state index in [0.29, 0.717) is 6.54 Å². The Morgan fingerprint density at radius 3 is 2.78 bits per heavy atom. The van der Waals surface area contributed by atoms with Gasteiger partial charge < -0.3 is 10.1 Å². The largest absolute Gasteiger partial charge is 0.355 e. The molecule has 3 nitrogen and oxygen atoms in total. The van der Waals surface area contributed by atoms with Crippen LogP contribution >= 0.6 is 0 Å². The van der Waals surface area contributed by atoms with Gasteiger partial charge in [0.25, 0.3) is 0 Å². The fraction of sp³-hybridized carbons (Fsp3) is 0.667. The molecule has 2 atom stereocenters. The molecule has 3 heteroatoms. The van der Waals surface area contributed by atoms with Gasteiger partial charge in [-0.25, -0.2) is 0 Å². The predicted molar refractivity (Wildman–Crippen MR) is 29.6 cm³/mol. The maximum absolute atomic E-state index is 10.7. The first-order chi connectivity index (χ1) is 4.28. The zero-order chi connectivity index (χ0) is 6.48. The minimum absolute atomic E-state index is 0.0231. The molecule has 2 rings (SSSR count). The zero-order valence-corrected chi connectivity index (χ0v) is 4.89. The second-order valence-electron chi connectivity index (χ2n) is 2.83. The van der Waals surface area contributed by atoms with Gasteiger partial charge in [-0.15, -0.1) is 0 Å². The van der Waals surface area contributed by atoms with Crippen molar-refractivity contribution in [3.63, 3.8) is 0 Å². The number of carbonyl (C=O) groups is 2. The number of nitrogens with one attached hydrogen (secondary N) is 1. The van der Waals surface area contributed by atoms with Crippen LogP contribution in [0.5, 0.6) is 0 Å². The molecule has 1 saturated carbocycles. The number of rotatable bonds is 1. The van der Waals surface area contributed by atoms with Gasteiger partial charge in [0.15, 0.2) is 0 Å². The van der Waals surface area contributed by atoms with Gasteiger partial charge in [-0.2, -0.15) is 0 Å². The van der Waals surface area contributed by atoms with Crippen LogP contribution in [0.4, 0.5) is 0 Å². The normalized spacial score (nSPS) is 45.8.